The van der Waals surface area contributed by atoms with Crippen LogP contribution in [0.1, 0.15) is 18.1 Å². The summed E-state index contributed by atoms with van der Waals surface area (Å²) in [4.78, 5) is 25.1. The lowest BCUT2D eigenvalue weighted by Gasteiger charge is -2.19. The van der Waals surface area contributed by atoms with E-state index in [0.29, 0.717) is 43.1 Å². The zero-order valence-electron chi connectivity index (χ0n) is 18.7. The minimum absolute atomic E-state index is 0.0889. The van der Waals surface area contributed by atoms with Gasteiger partial charge in [-0.25, -0.2) is 4.79 Å². The number of hydrogen-bond donors (Lipinski definition) is 4. The summed E-state index contributed by atoms with van der Waals surface area (Å²) in [5.74, 6) is 0.590. The summed E-state index contributed by atoms with van der Waals surface area (Å²) < 4.78 is 17.3. The second-order valence-corrected chi connectivity index (χ2v) is 9.40. The van der Waals surface area contributed by atoms with Gasteiger partial charge in [0.15, 0.2) is 11.5 Å². The molecule has 0 aromatic heterocycles. The molecule has 1 atom stereocenters. The van der Waals surface area contributed by atoms with Crippen molar-refractivity contribution in [3.63, 3.8) is 0 Å². The summed E-state index contributed by atoms with van der Waals surface area (Å²) >= 11 is 6.68. The van der Waals surface area contributed by atoms with Crippen LogP contribution < -0.4 is 25.8 Å². The van der Waals surface area contributed by atoms with Crippen molar-refractivity contribution in [1.29, 1.82) is 0 Å². The minimum atomic E-state index is -0.918. The highest BCUT2D eigenvalue weighted by molar-refractivity contribution is 9.11. The number of amides is 2. The van der Waals surface area contributed by atoms with Gasteiger partial charge in [-0.1, -0.05) is 34.1 Å². The Hall–Kier alpha value is -3.70. The summed E-state index contributed by atoms with van der Waals surface area (Å²) in [6.45, 7) is 0.110. The number of nitrogens with one attached hydrogen (secondary N) is 2. The van der Waals surface area contributed by atoms with Gasteiger partial charge in [0.2, 0.25) is 12.7 Å². The zero-order chi connectivity index (χ0) is 25.7. The van der Waals surface area contributed by atoms with Crippen LogP contribution in [0.25, 0.3) is 0 Å². The molecule has 0 spiro atoms. The van der Waals surface area contributed by atoms with Crippen LogP contribution in [0.2, 0.25) is 0 Å². The molecule has 0 fully saturated rings. The third-order valence-electron chi connectivity index (χ3n) is 5.11. The number of nitrogens with two attached hydrogens (primary N) is 1. The summed E-state index contributed by atoms with van der Waals surface area (Å²) in [5, 5.41) is 15.9. The summed E-state index contributed by atoms with van der Waals surface area (Å²) in [5.41, 5.74) is 7.56. The molecule has 0 unspecified atom stereocenters. The van der Waals surface area contributed by atoms with Crippen molar-refractivity contribution in [2.75, 3.05) is 23.2 Å². The molecule has 0 saturated heterocycles. The topological polar surface area (TPSA) is 132 Å². The molecule has 0 radical (unpaired) electrons. The van der Waals surface area contributed by atoms with E-state index in [4.69, 9.17) is 19.9 Å². The Bertz CT molecular complexity index is 1330. The zero-order valence-corrected chi connectivity index (χ0v) is 21.8. The number of phenols is 1. The second-order valence-electron chi connectivity index (χ2n) is 7.63. The Balaban J connectivity index is 1.48. The van der Waals surface area contributed by atoms with E-state index in [0.717, 1.165) is 0 Å². The van der Waals surface area contributed by atoms with E-state index in [1.54, 1.807) is 60.7 Å². The lowest BCUT2D eigenvalue weighted by atomic mass is 10.0. The molecule has 1 aliphatic heterocycles. The van der Waals surface area contributed by atoms with Crippen molar-refractivity contribution in [1.82, 2.24) is 0 Å². The van der Waals surface area contributed by atoms with Crippen LogP contribution in [0.4, 0.5) is 21.9 Å². The highest BCUT2D eigenvalue weighted by Gasteiger charge is 2.22. The molecule has 1 heterocycles. The highest BCUT2D eigenvalue weighted by atomic mass is 79.9. The maximum Gasteiger partial charge on any atom is 0.412 e. The average Bonchev–Trinajstić information content (AvgIpc) is 3.30. The van der Waals surface area contributed by atoms with Gasteiger partial charge >= 0.3 is 6.09 Å². The molecule has 186 valence electrons. The van der Waals surface area contributed by atoms with Gasteiger partial charge in [0.1, 0.15) is 11.9 Å². The van der Waals surface area contributed by atoms with Gasteiger partial charge < -0.3 is 30.4 Å². The Morgan fingerprint density at radius 3 is 2.67 bits per heavy atom. The number of carbonyl (C=O) groups is 2. The van der Waals surface area contributed by atoms with Gasteiger partial charge in [-0.2, -0.15) is 0 Å². The maximum absolute atomic E-state index is 12.7. The number of benzene rings is 3. The molecule has 2 amide bonds. The van der Waals surface area contributed by atoms with Crippen LogP contribution >= 0.6 is 31.9 Å². The molecule has 9 nitrogen and oxygen atoms in total. The molecule has 3 aromatic carbocycles. The highest BCUT2D eigenvalue weighted by Crippen LogP contribution is 2.39. The van der Waals surface area contributed by atoms with Gasteiger partial charge in [0.05, 0.1) is 15.8 Å². The molecule has 0 bridgehead atoms. The van der Waals surface area contributed by atoms with Gasteiger partial charge in [-0.05, 0) is 58.4 Å². The van der Waals surface area contributed by atoms with Crippen LogP contribution in [0.3, 0.4) is 0 Å². The number of ether oxygens (including phenoxy) is 3. The monoisotopic (exact) mass is 617 g/mol. The van der Waals surface area contributed by atoms with E-state index < -0.39 is 18.1 Å². The van der Waals surface area contributed by atoms with E-state index in [2.05, 4.69) is 42.5 Å². The van der Waals surface area contributed by atoms with Crippen molar-refractivity contribution in [2.45, 2.75) is 12.5 Å². The fourth-order valence-electron chi connectivity index (χ4n) is 3.40. The predicted molar refractivity (Wildman–Crippen MR) is 142 cm³/mol. The number of anilines is 3. The quantitative estimate of drug-likeness (QED) is 0.186. The fraction of sp³-hybridized carbons (Fsp3) is 0.120. The van der Waals surface area contributed by atoms with Gasteiger partial charge in [-0.15, -0.1) is 0 Å². The predicted octanol–water partition coefficient (Wildman–Crippen LogP) is 6.10. The first-order valence-corrected chi connectivity index (χ1v) is 12.3. The number of para-hydroxylation sites is 2. The third kappa shape index (κ3) is 6.29. The standard InChI is InChI=1S/C25H21Br2N3O6/c26-14-10-16(24(32)17(27)11-14)20(6-3-7-23(31)30-19-5-2-1-4-18(19)28)36-25(33)29-15-8-9-21-22(12-15)35-13-34-21/h1-5,7-12,20,32H,6,13,28H2,(H,29,33)(H,30,31)/b7-3+/t20-/m0/s1. The average molecular weight is 619 g/mol. The summed E-state index contributed by atoms with van der Waals surface area (Å²) in [6, 6.07) is 15.1. The molecule has 1 aliphatic rings. The number of halogens is 2. The first-order chi connectivity index (χ1) is 17.3. The van der Waals surface area contributed by atoms with Crippen molar-refractivity contribution in [3.05, 3.63) is 81.3 Å². The summed E-state index contributed by atoms with van der Waals surface area (Å²) in [6.07, 6.45) is 1.27. The number of phenolic OH excluding ortho intramolecular Hbond substituents is 1. The van der Waals surface area contributed by atoms with Crippen LogP contribution in [0.5, 0.6) is 17.2 Å². The number of rotatable bonds is 7. The number of hydrogen-bond acceptors (Lipinski definition) is 7. The molecule has 0 aliphatic carbocycles. The van der Waals surface area contributed by atoms with Crippen molar-refractivity contribution < 1.29 is 28.9 Å². The lowest BCUT2D eigenvalue weighted by molar-refractivity contribution is -0.111. The van der Waals surface area contributed by atoms with E-state index in [-0.39, 0.29) is 19.0 Å². The largest absolute Gasteiger partial charge is 0.506 e. The number of aromatic hydroxyl groups is 1. The Morgan fingerprint density at radius 2 is 1.86 bits per heavy atom. The molecule has 11 heteroatoms. The second kappa shape index (κ2) is 11.4. The molecule has 5 N–H and O–H groups in total. The van der Waals surface area contributed by atoms with Crippen molar-refractivity contribution >= 4 is 60.9 Å². The smallest absolute Gasteiger partial charge is 0.412 e. The molecular formula is C25H21Br2N3O6. The normalized spacial score (nSPS) is 12.8. The molecule has 0 saturated carbocycles. The molecule has 3 aromatic rings. The maximum atomic E-state index is 12.7. The van der Waals surface area contributed by atoms with Crippen LogP contribution in [-0.4, -0.2) is 23.9 Å². The van der Waals surface area contributed by atoms with E-state index >= 15 is 0 Å². The van der Waals surface area contributed by atoms with Gasteiger partial charge in [0.25, 0.3) is 0 Å². The van der Waals surface area contributed by atoms with Gasteiger partial charge in [-0.3, -0.25) is 10.1 Å². The number of carbonyl (C=O) groups excluding carboxylic acids is 2. The third-order valence-corrected chi connectivity index (χ3v) is 6.17. The first-order valence-electron chi connectivity index (χ1n) is 10.7. The Morgan fingerprint density at radius 1 is 1.08 bits per heavy atom. The SMILES string of the molecule is Nc1ccccc1NC(=O)/C=C/C[C@H](OC(=O)Nc1ccc2c(c1)OCO2)c1cc(Br)cc(Br)c1O. The minimum Gasteiger partial charge on any atom is -0.506 e. The molecule has 4 rings (SSSR count). The Labute approximate surface area is 223 Å². The van der Waals surface area contributed by atoms with E-state index in [1.165, 1.54) is 6.08 Å². The van der Waals surface area contributed by atoms with Crippen LogP contribution in [-0.2, 0) is 9.53 Å². The van der Waals surface area contributed by atoms with E-state index in [1.807, 2.05) is 0 Å². The van der Waals surface area contributed by atoms with Crippen molar-refractivity contribution in [2.24, 2.45) is 0 Å². The van der Waals surface area contributed by atoms with E-state index in [9.17, 15) is 14.7 Å². The van der Waals surface area contributed by atoms with Crippen LogP contribution in [0, 0.1) is 0 Å². The number of nitrogen functional groups attached to an aromatic ring is 1. The summed E-state index contributed by atoms with van der Waals surface area (Å²) in [7, 11) is 0. The number of fused-ring (bicyclic) bond motifs is 1. The molecular weight excluding hydrogens is 598 g/mol. The molecule has 36 heavy (non-hydrogen) atoms. The van der Waals surface area contributed by atoms with Crippen LogP contribution in [0.15, 0.2) is 75.7 Å². The fourth-order valence-corrected chi connectivity index (χ4v) is 4.66. The lowest BCUT2D eigenvalue weighted by Crippen LogP contribution is -2.18. The Kier molecular flexibility index (Phi) is 8.01. The van der Waals surface area contributed by atoms with Gasteiger partial charge in [0, 0.05) is 28.2 Å². The van der Waals surface area contributed by atoms with Crippen molar-refractivity contribution in [3.8, 4) is 17.2 Å². The first kappa shape index (κ1) is 25.4.